The molecule has 1 unspecified atom stereocenters. The largest absolute Gasteiger partial charge is 0.481 e. The number of amides is 2. The number of nitrogens with zero attached hydrogens (tertiary/aromatic N) is 3. The third-order valence-corrected chi connectivity index (χ3v) is 6.87. The number of carbonyl (C=O) groups excluding carboxylic acids is 2. The van der Waals surface area contributed by atoms with Crippen LogP contribution < -0.4 is 10.1 Å². The highest BCUT2D eigenvalue weighted by Gasteiger charge is 2.31. The number of aromatic nitrogens is 3. The fourth-order valence-electron chi connectivity index (χ4n) is 4.60. The molecule has 0 saturated carbocycles. The van der Waals surface area contributed by atoms with Gasteiger partial charge in [-0.15, -0.1) is 0 Å². The minimum atomic E-state index is -0.158. The molecule has 5 rings (SSSR count). The second-order valence-corrected chi connectivity index (χ2v) is 9.12. The Hall–Kier alpha value is -3.43. The number of fused-ring (bicyclic) bond motifs is 1. The number of methoxy groups -OCH3 is 1. The molecular formula is C25H26ClN5O4. The summed E-state index contributed by atoms with van der Waals surface area (Å²) in [6.07, 6.45) is 2.68. The topological polar surface area (TPSA) is 109 Å². The van der Waals surface area contributed by atoms with Crippen LogP contribution in [-0.4, -0.2) is 58.7 Å². The summed E-state index contributed by atoms with van der Waals surface area (Å²) in [6.45, 7) is 2.02. The zero-order valence-corrected chi connectivity index (χ0v) is 20.0. The highest BCUT2D eigenvalue weighted by atomic mass is 35.5. The number of H-pyrrole nitrogens is 1. The van der Waals surface area contributed by atoms with Crippen LogP contribution in [0.3, 0.4) is 0 Å². The molecule has 1 atom stereocenters. The summed E-state index contributed by atoms with van der Waals surface area (Å²) in [6, 6.07) is 11.2. The van der Waals surface area contributed by atoms with Crippen molar-refractivity contribution in [3.63, 3.8) is 0 Å². The van der Waals surface area contributed by atoms with Gasteiger partial charge in [0.25, 0.3) is 5.91 Å². The van der Waals surface area contributed by atoms with Gasteiger partial charge in [-0.2, -0.15) is 5.10 Å². The van der Waals surface area contributed by atoms with Crippen LogP contribution in [0.4, 0.5) is 0 Å². The number of piperidine rings is 1. The average Bonchev–Trinajstić information content (AvgIpc) is 3.39. The lowest BCUT2D eigenvalue weighted by molar-refractivity contribution is -0.127. The average molecular weight is 496 g/mol. The van der Waals surface area contributed by atoms with Crippen molar-refractivity contribution in [2.75, 3.05) is 26.8 Å². The normalized spacial score (nSPS) is 18.1. The van der Waals surface area contributed by atoms with Crippen LogP contribution in [0, 0.1) is 5.92 Å². The predicted octanol–water partition coefficient (Wildman–Crippen LogP) is 3.37. The highest BCUT2D eigenvalue weighted by Crippen LogP contribution is 2.30. The number of pyridine rings is 1. The van der Waals surface area contributed by atoms with Gasteiger partial charge in [-0.1, -0.05) is 35.9 Å². The SMILES string of the molecule is COc1cc(-c2cc(C(=O)N3CCC(C(=O)NC4COCc5ccccc54)CC3)[nH]n2)c(Cl)cn1. The molecule has 35 heavy (non-hydrogen) atoms. The van der Waals surface area contributed by atoms with Crippen LogP contribution in [-0.2, 0) is 16.1 Å². The maximum Gasteiger partial charge on any atom is 0.271 e. The Balaban J connectivity index is 1.19. The van der Waals surface area contributed by atoms with Crippen molar-refractivity contribution in [3.8, 4) is 17.1 Å². The van der Waals surface area contributed by atoms with Gasteiger partial charge in [0.15, 0.2) is 0 Å². The lowest BCUT2D eigenvalue weighted by Crippen LogP contribution is -2.44. The van der Waals surface area contributed by atoms with Gasteiger partial charge in [0.05, 0.1) is 43.3 Å². The maximum atomic E-state index is 13.1. The summed E-state index contributed by atoms with van der Waals surface area (Å²) in [5.74, 6) is 0.110. The Bertz CT molecular complexity index is 1240. The Morgan fingerprint density at radius 3 is 2.83 bits per heavy atom. The van der Waals surface area contributed by atoms with E-state index < -0.39 is 0 Å². The second-order valence-electron chi connectivity index (χ2n) is 8.71. The van der Waals surface area contributed by atoms with E-state index in [0.717, 1.165) is 11.1 Å². The van der Waals surface area contributed by atoms with Crippen molar-refractivity contribution in [1.29, 1.82) is 0 Å². The zero-order chi connectivity index (χ0) is 24.4. The van der Waals surface area contributed by atoms with Gasteiger partial charge < -0.3 is 19.7 Å². The van der Waals surface area contributed by atoms with Crippen molar-refractivity contribution in [2.24, 2.45) is 5.92 Å². The van der Waals surface area contributed by atoms with Crippen molar-refractivity contribution in [3.05, 3.63) is 64.4 Å². The van der Waals surface area contributed by atoms with Crippen LogP contribution in [0.2, 0.25) is 5.02 Å². The molecule has 0 bridgehead atoms. The first kappa shape index (κ1) is 23.3. The number of aromatic amines is 1. The molecule has 0 radical (unpaired) electrons. The van der Waals surface area contributed by atoms with Crippen LogP contribution in [0.1, 0.15) is 40.5 Å². The smallest absolute Gasteiger partial charge is 0.271 e. The molecule has 3 aromatic rings. The number of hydrogen-bond donors (Lipinski definition) is 2. The third kappa shape index (κ3) is 4.87. The van der Waals surface area contributed by atoms with Crippen molar-refractivity contribution in [1.82, 2.24) is 25.4 Å². The standard InChI is InChI=1S/C25H26ClN5O4/c1-34-23-10-18(19(26)12-27-23)20-11-21(30-29-20)25(33)31-8-6-15(7-9-31)24(32)28-22-14-35-13-16-4-2-3-5-17(16)22/h2-5,10-12,15,22H,6-9,13-14H2,1H3,(H,28,32)(H,29,30). The number of hydrogen-bond acceptors (Lipinski definition) is 6. The first-order chi connectivity index (χ1) is 17.0. The van der Waals surface area contributed by atoms with Crippen LogP contribution in [0.15, 0.2) is 42.6 Å². The molecular weight excluding hydrogens is 470 g/mol. The Kier molecular flexibility index (Phi) is 6.70. The highest BCUT2D eigenvalue weighted by molar-refractivity contribution is 6.33. The molecule has 182 valence electrons. The summed E-state index contributed by atoms with van der Waals surface area (Å²) < 4.78 is 10.8. The molecule has 1 aromatic carbocycles. The van der Waals surface area contributed by atoms with Crippen LogP contribution >= 0.6 is 11.6 Å². The maximum absolute atomic E-state index is 13.1. The molecule has 1 fully saturated rings. The lowest BCUT2D eigenvalue weighted by atomic mass is 9.93. The molecule has 0 spiro atoms. The molecule has 9 nitrogen and oxygen atoms in total. The zero-order valence-electron chi connectivity index (χ0n) is 19.3. The fraction of sp³-hybridized carbons (Fsp3) is 0.360. The predicted molar refractivity (Wildman–Crippen MR) is 129 cm³/mol. The van der Waals surface area contributed by atoms with Gasteiger partial charge in [0, 0.05) is 30.6 Å². The number of carbonyl (C=O) groups is 2. The summed E-state index contributed by atoms with van der Waals surface area (Å²) in [7, 11) is 1.52. The number of benzene rings is 1. The van der Waals surface area contributed by atoms with Crippen molar-refractivity contribution < 1.29 is 19.1 Å². The summed E-state index contributed by atoms with van der Waals surface area (Å²) in [5.41, 5.74) is 3.74. The Morgan fingerprint density at radius 1 is 1.23 bits per heavy atom. The van der Waals surface area contributed by atoms with Gasteiger partial charge in [-0.3, -0.25) is 14.7 Å². The lowest BCUT2D eigenvalue weighted by Gasteiger charge is -2.33. The minimum Gasteiger partial charge on any atom is -0.481 e. The van der Waals surface area contributed by atoms with E-state index in [0.29, 0.717) is 67.0 Å². The second kappa shape index (κ2) is 10.1. The third-order valence-electron chi connectivity index (χ3n) is 6.57. The van der Waals surface area contributed by atoms with Crippen molar-refractivity contribution >= 4 is 23.4 Å². The number of likely N-dealkylation sites (tertiary alicyclic amines) is 1. The molecule has 10 heteroatoms. The van der Waals surface area contributed by atoms with Gasteiger partial charge in [0.1, 0.15) is 5.69 Å². The molecule has 1 saturated heterocycles. The minimum absolute atomic E-state index is 0.00695. The van der Waals surface area contributed by atoms with Gasteiger partial charge in [-0.05, 0) is 30.0 Å². The molecule has 0 aliphatic carbocycles. The van der Waals surface area contributed by atoms with E-state index >= 15 is 0 Å². The van der Waals surface area contributed by atoms with Crippen molar-refractivity contribution in [2.45, 2.75) is 25.5 Å². The molecule has 2 aromatic heterocycles. The van der Waals surface area contributed by atoms with E-state index in [1.807, 2.05) is 24.3 Å². The number of rotatable bonds is 5. The van der Waals surface area contributed by atoms with E-state index in [9.17, 15) is 9.59 Å². The van der Waals surface area contributed by atoms with Gasteiger partial charge in [0.2, 0.25) is 11.8 Å². The first-order valence-corrected chi connectivity index (χ1v) is 11.9. The number of ether oxygens (including phenoxy) is 2. The molecule has 4 heterocycles. The number of halogens is 1. The number of nitrogens with one attached hydrogen (secondary N) is 2. The summed E-state index contributed by atoms with van der Waals surface area (Å²) in [5, 5.41) is 10.6. The van der Waals surface area contributed by atoms with Crippen LogP contribution in [0.25, 0.3) is 11.3 Å². The van der Waals surface area contributed by atoms with Gasteiger partial charge >= 0.3 is 0 Å². The first-order valence-electron chi connectivity index (χ1n) is 11.5. The van der Waals surface area contributed by atoms with E-state index in [2.05, 4.69) is 20.5 Å². The monoisotopic (exact) mass is 495 g/mol. The van der Waals surface area contributed by atoms with E-state index in [4.69, 9.17) is 21.1 Å². The Morgan fingerprint density at radius 2 is 2.03 bits per heavy atom. The summed E-state index contributed by atoms with van der Waals surface area (Å²) >= 11 is 6.26. The quantitative estimate of drug-likeness (QED) is 0.561. The molecule has 2 aliphatic rings. The molecule has 2 N–H and O–H groups in total. The fourth-order valence-corrected chi connectivity index (χ4v) is 4.80. The van der Waals surface area contributed by atoms with E-state index in [1.54, 1.807) is 17.0 Å². The van der Waals surface area contributed by atoms with Gasteiger partial charge in [-0.25, -0.2) is 4.98 Å². The van der Waals surface area contributed by atoms with E-state index in [-0.39, 0.29) is 23.8 Å². The Labute approximate surface area is 207 Å². The van der Waals surface area contributed by atoms with Crippen LogP contribution in [0.5, 0.6) is 5.88 Å². The molecule has 2 amide bonds. The molecule has 2 aliphatic heterocycles. The summed E-state index contributed by atoms with van der Waals surface area (Å²) in [4.78, 5) is 31.8. The van der Waals surface area contributed by atoms with E-state index in [1.165, 1.54) is 13.3 Å².